The van der Waals surface area contributed by atoms with Crippen molar-refractivity contribution < 1.29 is 14.7 Å². The summed E-state index contributed by atoms with van der Waals surface area (Å²) in [6, 6.07) is 24.6. The average Bonchev–Trinajstić information content (AvgIpc) is 3.51. The molecule has 3 aromatic rings. The summed E-state index contributed by atoms with van der Waals surface area (Å²) in [6.45, 7) is 0. The Balaban J connectivity index is 1.50. The molecule has 1 aliphatic rings. The van der Waals surface area contributed by atoms with E-state index in [1.165, 1.54) is 5.56 Å². The molecule has 28 heavy (non-hydrogen) atoms. The highest BCUT2D eigenvalue weighted by atomic mass is 16.4. The summed E-state index contributed by atoms with van der Waals surface area (Å²) in [6.07, 6.45) is 1.31. The van der Waals surface area contributed by atoms with Gasteiger partial charge in [-0.15, -0.1) is 0 Å². The normalized spacial score (nSPS) is 17.7. The van der Waals surface area contributed by atoms with Crippen LogP contribution in [0.15, 0.2) is 78.9 Å². The number of amides is 1. The zero-order valence-electron chi connectivity index (χ0n) is 15.3. The molecule has 2 N–H and O–H groups in total. The lowest BCUT2D eigenvalue weighted by atomic mass is 9.98. The monoisotopic (exact) mass is 371 g/mol. The predicted octanol–water partition coefficient (Wildman–Crippen LogP) is 4.72. The van der Waals surface area contributed by atoms with Gasteiger partial charge < -0.3 is 10.4 Å². The molecule has 2 unspecified atom stereocenters. The quantitative estimate of drug-likeness (QED) is 0.659. The maximum absolute atomic E-state index is 12.7. The molecule has 1 amide bonds. The first kappa shape index (κ1) is 18.0. The summed E-state index contributed by atoms with van der Waals surface area (Å²) in [7, 11) is 0. The number of nitrogens with one attached hydrogen (secondary N) is 1. The number of hydrogen-bond acceptors (Lipinski definition) is 2. The second-order valence-corrected chi connectivity index (χ2v) is 7.14. The molecule has 1 aliphatic carbocycles. The second-order valence-electron chi connectivity index (χ2n) is 7.14. The average molecular weight is 371 g/mol. The summed E-state index contributed by atoms with van der Waals surface area (Å²) < 4.78 is 0. The largest absolute Gasteiger partial charge is 0.478 e. The van der Waals surface area contributed by atoms with Gasteiger partial charge in [0.1, 0.15) is 0 Å². The highest BCUT2D eigenvalue weighted by Gasteiger charge is 2.43. The molecular weight excluding hydrogens is 350 g/mol. The van der Waals surface area contributed by atoms with Gasteiger partial charge in [0.2, 0.25) is 5.91 Å². The van der Waals surface area contributed by atoms with Crippen molar-refractivity contribution in [2.24, 2.45) is 5.92 Å². The third-order valence-corrected chi connectivity index (χ3v) is 5.26. The maximum Gasteiger partial charge on any atom is 0.335 e. The van der Waals surface area contributed by atoms with Crippen LogP contribution in [0.1, 0.15) is 39.4 Å². The van der Waals surface area contributed by atoms with Crippen molar-refractivity contribution in [2.75, 3.05) is 5.32 Å². The number of rotatable bonds is 6. The molecule has 0 radical (unpaired) electrons. The Morgan fingerprint density at radius 3 is 2.25 bits per heavy atom. The molecule has 4 heteroatoms. The molecular formula is C24H21NO3. The van der Waals surface area contributed by atoms with E-state index in [9.17, 15) is 14.7 Å². The Kier molecular flexibility index (Phi) is 4.94. The minimum atomic E-state index is -0.944. The minimum absolute atomic E-state index is 0.0123. The Morgan fingerprint density at radius 2 is 1.50 bits per heavy atom. The van der Waals surface area contributed by atoms with Crippen LogP contribution in [0.4, 0.5) is 5.69 Å². The van der Waals surface area contributed by atoms with Crippen molar-refractivity contribution in [1.82, 2.24) is 0 Å². The van der Waals surface area contributed by atoms with E-state index in [1.807, 2.05) is 54.6 Å². The molecule has 140 valence electrons. The molecule has 0 heterocycles. The molecule has 0 saturated heterocycles. The Bertz CT molecular complexity index is 1010. The van der Waals surface area contributed by atoms with Crippen LogP contribution in [0.3, 0.4) is 0 Å². The van der Waals surface area contributed by atoms with Crippen molar-refractivity contribution in [2.45, 2.75) is 18.8 Å². The van der Waals surface area contributed by atoms with Crippen LogP contribution in [-0.2, 0) is 11.2 Å². The molecule has 0 bridgehead atoms. The van der Waals surface area contributed by atoms with Crippen molar-refractivity contribution in [3.05, 3.63) is 101 Å². The summed E-state index contributed by atoms with van der Waals surface area (Å²) in [5.74, 6) is -0.656. The van der Waals surface area contributed by atoms with Crippen LogP contribution in [0, 0.1) is 5.92 Å². The van der Waals surface area contributed by atoms with Crippen LogP contribution in [0.25, 0.3) is 0 Å². The lowest BCUT2D eigenvalue weighted by Crippen LogP contribution is -2.16. The van der Waals surface area contributed by atoms with Crippen LogP contribution >= 0.6 is 0 Å². The SMILES string of the molecule is O=C(O)c1ccccc1Cc1ccccc1NC(=O)C1CC1c1ccccc1. The van der Waals surface area contributed by atoms with Gasteiger partial charge in [-0.3, -0.25) is 4.79 Å². The Labute approximate surface area is 163 Å². The van der Waals surface area contributed by atoms with Gasteiger partial charge in [0.15, 0.2) is 0 Å². The minimum Gasteiger partial charge on any atom is -0.478 e. The van der Waals surface area contributed by atoms with Gasteiger partial charge in [0.05, 0.1) is 5.56 Å². The molecule has 0 aliphatic heterocycles. The number of carbonyl (C=O) groups is 2. The first-order valence-electron chi connectivity index (χ1n) is 9.38. The highest BCUT2D eigenvalue weighted by molar-refractivity contribution is 5.96. The molecule has 1 saturated carbocycles. The van der Waals surface area contributed by atoms with Gasteiger partial charge in [-0.1, -0.05) is 66.7 Å². The lowest BCUT2D eigenvalue weighted by molar-refractivity contribution is -0.117. The van der Waals surface area contributed by atoms with E-state index in [4.69, 9.17) is 0 Å². The number of carboxylic acids is 1. The third-order valence-electron chi connectivity index (χ3n) is 5.26. The number of benzene rings is 3. The second kappa shape index (κ2) is 7.69. The number of para-hydroxylation sites is 1. The molecule has 3 aromatic carbocycles. The van der Waals surface area contributed by atoms with Crippen LogP contribution < -0.4 is 5.32 Å². The van der Waals surface area contributed by atoms with Crippen molar-refractivity contribution in [1.29, 1.82) is 0 Å². The summed E-state index contributed by atoms with van der Waals surface area (Å²) in [4.78, 5) is 24.2. The number of anilines is 1. The summed E-state index contributed by atoms with van der Waals surface area (Å²) in [5.41, 5.74) is 3.86. The van der Waals surface area contributed by atoms with E-state index >= 15 is 0 Å². The zero-order chi connectivity index (χ0) is 19.5. The van der Waals surface area contributed by atoms with Gasteiger partial charge in [0.25, 0.3) is 0 Å². The standard InChI is InChI=1S/C24H21NO3/c26-23(21-15-20(21)16-8-2-1-3-9-16)25-22-13-7-5-11-18(22)14-17-10-4-6-12-19(17)24(27)28/h1-13,20-21H,14-15H2,(H,25,26)(H,27,28). The molecule has 4 nitrogen and oxygen atoms in total. The fourth-order valence-electron chi connectivity index (χ4n) is 3.66. The number of hydrogen-bond donors (Lipinski definition) is 2. The zero-order valence-corrected chi connectivity index (χ0v) is 15.3. The van der Waals surface area contributed by atoms with Gasteiger partial charge in [0, 0.05) is 18.0 Å². The first-order valence-corrected chi connectivity index (χ1v) is 9.38. The van der Waals surface area contributed by atoms with Crippen LogP contribution in [0.5, 0.6) is 0 Å². The van der Waals surface area contributed by atoms with Crippen LogP contribution in [-0.4, -0.2) is 17.0 Å². The highest BCUT2D eigenvalue weighted by Crippen LogP contribution is 2.48. The van der Waals surface area contributed by atoms with E-state index in [0.29, 0.717) is 6.42 Å². The lowest BCUT2D eigenvalue weighted by Gasteiger charge is -2.12. The van der Waals surface area contributed by atoms with E-state index < -0.39 is 5.97 Å². The maximum atomic E-state index is 12.7. The van der Waals surface area contributed by atoms with E-state index in [0.717, 1.165) is 23.2 Å². The number of carbonyl (C=O) groups excluding carboxylic acids is 1. The van der Waals surface area contributed by atoms with Gasteiger partial charge in [-0.2, -0.15) is 0 Å². The third kappa shape index (κ3) is 3.81. The fourth-order valence-corrected chi connectivity index (χ4v) is 3.66. The fraction of sp³-hybridized carbons (Fsp3) is 0.167. The molecule has 4 rings (SSSR count). The Morgan fingerprint density at radius 1 is 0.857 bits per heavy atom. The number of aromatic carboxylic acids is 1. The molecule has 0 spiro atoms. The van der Waals surface area contributed by atoms with E-state index in [1.54, 1.807) is 12.1 Å². The predicted molar refractivity (Wildman–Crippen MR) is 109 cm³/mol. The van der Waals surface area contributed by atoms with Crippen molar-refractivity contribution in [3.63, 3.8) is 0 Å². The summed E-state index contributed by atoms with van der Waals surface area (Å²) in [5, 5.41) is 12.5. The van der Waals surface area contributed by atoms with Crippen LogP contribution in [0.2, 0.25) is 0 Å². The summed E-state index contributed by atoms with van der Waals surface area (Å²) >= 11 is 0. The molecule has 0 aromatic heterocycles. The van der Waals surface area contributed by atoms with Crippen molar-refractivity contribution >= 4 is 17.6 Å². The van der Waals surface area contributed by atoms with E-state index in [2.05, 4.69) is 17.4 Å². The first-order chi connectivity index (χ1) is 13.6. The number of carboxylic acid groups (broad SMARTS) is 1. The van der Waals surface area contributed by atoms with Gasteiger partial charge in [-0.05, 0) is 41.2 Å². The molecule has 1 fully saturated rings. The van der Waals surface area contributed by atoms with E-state index in [-0.39, 0.29) is 23.3 Å². The molecule has 2 atom stereocenters. The smallest absolute Gasteiger partial charge is 0.335 e. The Hall–Kier alpha value is -3.40. The van der Waals surface area contributed by atoms with Gasteiger partial charge >= 0.3 is 5.97 Å². The van der Waals surface area contributed by atoms with Crippen molar-refractivity contribution in [3.8, 4) is 0 Å². The topological polar surface area (TPSA) is 66.4 Å². The van der Waals surface area contributed by atoms with Gasteiger partial charge in [-0.25, -0.2) is 4.79 Å².